The Hall–Kier alpha value is -4.12. The second-order valence-corrected chi connectivity index (χ2v) is 6.27. The van der Waals surface area contributed by atoms with Crippen LogP contribution in [0.5, 0.6) is 0 Å². The van der Waals surface area contributed by atoms with Crippen LogP contribution in [0.3, 0.4) is 0 Å². The fourth-order valence-electron chi connectivity index (χ4n) is 2.57. The fraction of sp³-hybridized carbons (Fsp3) is 0.143. The molecule has 2 amide bonds. The topological polar surface area (TPSA) is 109 Å². The van der Waals surface area contributed by atoms with Gasteiger partial charge in [-0.15, -0.1) is 0 Å². The summed E-state index contributed by atoms with van der Waals surface area (Å²) in [6, 6.07) is 18.1. The number of ether oxygens (including phenoxy) is 1. The molecule has 0 spiro atoms. The molecule has 0 unspecified atom stereocenters. The Labute approximate surface area is 167 Å². The molecule has 1 heterocycles. The van der Waals surface area contributed by atoms with E-state index < -0.39 is 18.1 Å². The van der Waals surface area contributed by atoms with Crippen LogP contribution in [0.25, 0.3) is 0 Å². The highest BCUT2D eigenvalue weighted by Gasteiger charge is 2.18. The van der Waals surface area contributed by atoms with Gasteiger partial charge >= 0.3 is 6.09 Å². The van der Waals surface area contributed by atoms with Crippen LogP contribution < -0.4 is 10.6 Å². The smallest absolute Gasteiger partial charge is 0.412 e. The first-order chi connectivity index (χ1) is 14.0. The van der Waals surface area contributed by atoms with Gasteiger partial charge in [-0.3, -0.25) is 14.8 Å². The number of nitrogens with zero attached hydrogens (tertiary/aromatic N) is 3. The lowest BCUT2D eigenvalue weighted by Crippen LogP contribution is -2.31. The molecule has 1 aromatic heterocycles. The van der Waals surface area contributed by atoms with E-state index in [0.717, 1.165) is 5.56 Å². The minimum absolute atomic E-state index is 0.455. The zero-order chi connectivity index (χ0) is 20.6. The number of carbonyl (C=O) groups excluding carboxylic acids is 2. The normalized spacial score (nSPS) is 11.2. The molecule has 8 nitrogen and oxygen atoms in total. The predicted octanol–water partition coefficient (Wildman–Crippen LogP) is 3.38. The summed E-state index contributed by atoms with van der Waals surface area (Å²) in [5.74, 6) is -0.473. The van der Waals surface area contributed by atoms with Crippen molar-refractivity contribution in [3.8, 4) is 6.07 Å². The zero-order valence-electron chi connectivity index (χ0n) is 15.7. The molecular formula is C21H19N5O3. The molecule has 0 saturated heterocycles. The number of nitriles is 1. The van der Waals surface area contributed by atoms with Crippen molar-refractivity contribution < 1.29 is 14.3 Å². The molecule has 2 N–H and O–H groups in total. The van der Waals surface area contributed by atoms with Crippen LogP contribution in [-0.4, -0.2) is 27.9 Å². The second-order valence-electron chi connectivity index (χ2n) is 6.27. The van der Waals surface area contributed by atoms with E-state index in [1.165, 1.54) is 13.1 Å². The van der Waals surface area contributed by atoms with Crippen LogP contribution in [0.2, 0.25) is 0 Å². The van der Waals surface area contributed by atoms with Gasteiger partial charge in [0.05, 0.1) is 30.1 Å². The van der Waals surface area contributed by atoms with Gasteiger partial charge in [0.25, 0.3) is 5.91 Å². The molecule has 2 aromatic carbocycles. The summed E-state index contributed by atoms with van der Waals surface area (Å²) >= 11 is 0. The van der Waals surface area contributed by atoms with Gasteiger partial charge in [-0.1, -0.05) is 30.3 Å². The number of anilines is 2. The fourth-order valence-corrected chi connectivity index (χ4v) is 2.57. The Morgan fingerprint density at radius 1 is 1.14 bits per heavy atom. The highest BCUT2D eigenvalue weighted by molar-refractivity contribution is 5.95. The first kappa shape index (κ1) is 19.6. The Bertz CT molecular complexity index is 1040. The molecule has 3 aromatic rings. The maximum atomic E-state index is 12.3. The van der Waals surface area contributed by atoms with Gasteiger partial charge in [-0.25, -0.2) is 4.79 Å². The molecule has 29 heavy (non-hydrogen) atoms. The second kappa shape index (κ2) is 9.19. The maximum Gasteiger partial charge on any atom is 0.412 e. The van der Waals surface area contributed by atoms with Crippen molar-refractivity contribution in [2.24, 2.45) is 0 Å². The van der Waals surface area contributed by atoms with Gasteiger partial charge in [0.15, 0.2) is 6.10 Å². The van der Waals surface area contributed by atoms with E-state index in [9.17, 15) is 9.59 Å². The largest absolute Gasteiger partial charge is 0.436 e. The summed E-state index contributed by atoms with van der Waals surface area (Å²) in [6.07, 6.45) is 1.46. The average Bonchev–Trinajstić information content (AvgIpc) is 3.15. The van der Waals surface area contributed by atoms with E-state index in [-0.39, 0.29) is 0 Å². The van der Waals surface area contributed by atoms with Crippen molar-refractivity contribution >= 4 is 23.4 Å². The summed E-state index contributed by atoms with van der Waals surface area (Å²) in [4.78, 5) is 24.1. The van der Waals surface area contributed by atoms with Crippen LogP contribution >= 0.6 is 0 Å². The van der Waals surface area contributed by atoms with E-state index >= 15 is 0 Å². The summed E-state index contributed by atoms with van der Waals surface area (Å²) < 4.78 is 6.73. The van der Waals surface area contributed by atoms with Crippen molar-refractivity contribution in [2.75, 3.05) is 10.6 Å². The molecule has 0 aliphatic rings. The van der Waals surface area contributed by atoms with Crippen LogP contribution in [0.15, 0.2) is 67.0 Å². The summed E-state index contributed by atoms with van der Waals surface area (Å²) in [5.41, 5.74) is 2.54. The number of amides is 2. The third-order valence-electron chi connectivity index (χ3n) is 3.97. The van der Waals surface area contributed by atoms with Crippen LogP contribution in [0.1, 0.15) is 18.1 Å². The van der Waals surface area contributed by atoms with Crippen molar-refractivity contribution in [1.82, 2.24) is 9.78 Å². The number of aromatic nitrogens is 2. The van der Waals surface area contributed by atoms with E-state index in [1.54, 1.807) is 53.3 Å². The minimum atomic E-state index is -0.991. The van der Waals surface area contributed by atoms with Crippen LogP contribution in [-0.2, 0) is 16.1 Å². The molecule has 0 saturated carbocycles. The SMILES string of the molecule is C[C@H](OC(=O)Nc1ccccc1)C(=O)Nc1cnn(Cc2cccc(C#N)c2)c1. The third kappa shape index (κ3) is 5.68. The molecule has 1 atom stereocenters. The molecule has 0 aliphatic carbocycles. The Morgan fingerprint density at radius 3 is 2.69 bits per heavy atom. The Morgan fingerprint density at radius 2 is 1.93 bits per heavy atom. The van der Waals surface area contributed by atoms with E-state index in [2.05, 4.69) is 21.8 Å². The monoisotopic (exact) mass is 389 g/mol. The van der Waals surface area contributed by atoms with Crippen molar-refractivity contribution in [2.45, 2.75) is 19.6 Å². The van der Waals surface area contributed by atoms with E-state index in [0.29, 0.717) is 23.5 Å². The molecule has 0 bridgehead atoms. The predicted molar refractivity (Wildman–Crippen MR) is 107 cm³/mol. The number of rotatable bonds is 6. The zero-order valence-corrected chi connectivity index (χ0v) is 15.7. The maximum absolute atomic E-state index is 12.3. The summed E-state index contributed by atoms with van der Waals surface area (Å²) in [7, 11) is 0. The molecule has 3 rings (SSSR count). The van der Waals surface area contributed by atoms with Gasteiger partial charge in [-0.2, -0.15) is 10.4 Å². The summed E-state index contributed by atoms with van der Waals surface area (Å²) in [5, 5.41) is 18.4. The Balaban J connectivity index is 1.52. The van der Waals surface area contributed by atoms with Crippen molar-refractivity contribution in [1.29, 1.82) is 5.26 Å². The molecular weight excluding hydrogens is 370 g/mol. The van der Waals surface area contributed by atoms with Crippen LogP contribution in [0, 0.1) is 11.3 Å². The summed E-state index contributed by atoms with van der Waals surface area (Å²) in [6.45, 7) is 1.94. The standard InChI is InChI=1S/C21H19N5O3/c1-15(29-21(28)25-18-8-3-2-4-9-18)20(27)24-19-12-23-26(14-19)13-17-7-5-6-16(10-17)11-22/h2-10,12,14-15H,13H2,1H3,(H,24,27)(H,25,28)/t15-/m0/s1. The average molecular weight is 389 g/mol. The van der Waals surface area contributed by atoms with Crippen molar-refractivity contribution in [3.63, 3.8) is 0 Å². The van der Waals surface area contributed by atoms with Gasteiger partial charge < -0.3 is 10.1 Å². The lowest BCUT2D eigenvalue weighted by Gasteiger charge is -2.13. The van der Waals surface area contributed by atoms with Gasteiger partial charge in [0.2, 0.25) is 0 Å². The van der Waals surface area contributed by atoms with Crippen molar-refractivity contribution in [3.05, 3.63) is 78.1 Å². The number of hydrogen-bond donors (Lipinski definition) is 2. The van der Waals surface area contributed by atoms with Gasteiger partial charge in [-0.05, 0) is 36.8 Å². The number of carbonyl (C=O) groups is 2. The number of nitrogens with one attached hydrogen (secondary N) is 2. The molecule has 8 heteroatoms. The third-order valence-corrected chi connectivity index (χ3v) is 3.97. The highest BCUT2D eigenvalue weighted by atomic mass is 16.6. The van der Waals surface area contributed by atoms with E-state index in [1.807, 2.05) is 12.1 Å². The Kier molecular flexibility index (Phi) is 6.22. The van der Waals surface area contributed by atoms with E-state index in [4.69, 9.17) is 10.00 Å². The minimum Gasteiger partial charge on any atom is -0.436 e. The molecule has 146 valence electrons. The molecule has 0 aliphatic heterocycles. The lowest BCUT2D eigenvalue weighted by atomic mass is 10.1. The number of hydrogen-bond acceptors (Lipinski definition) is 5. The first-order valence-corrected chi connectivity index (χ1v) is 8.88. The van der Waals surface area contributed by atoms with Gasteiger partial charge in [0, 0.05) is 11.9 Å². The first-order valence-electron chi connectivity index (χ1n) is 8.88. The number of para-hydroxylation sites is 1. The quantitative estimate of drug-likeness (QED) is 0.672. The highest BCUT2D eigenvalue weighted by Crippen LogP contribution is 2.11. The number of benzene rings is 2. The molecule has 0 fully saturated rings. The van der Waals surface area contributed by atoms with Crippen LogP contribution in [0.4, 0.5) is 16.2 Å². The lowest BCUT2D eigenvalue weighted by molar-refractivity contribution is -0.123. The molecule has 0 radical (unpaired) electrons. The van der Waals surface area contributed by atoms with Gasteiger partial charge in [0.1, 0.15) is 0 Å².